The number of hydrogen-bond acceptors (Lipinski definition) is 4. The van der Waals surface area contributed by atoms with Crippen LogP contribution in [0.2, 0.25) is 0 Å². The zero-order valence-electron chi connectivity index (χ0n) is 11.0. The molecule has 0 aliphatic carbocycles. The minimum absolute atomic E-state index is 0.678. The van der Waals surface area contributed by atoms with Gasteiger partial charge in [0.05, 0.1) is 5.52 Å². The van der Waals surface area contributed by atoms with Gasteiger partial charge in [0.15, 0.2) is 0 Å². The predicted molar refractivity (Wildman–Crippen MR) is 82.2 cm³/mol. The molecule has 0 saturated carbocycles. The SMILES string of the molecule is O=C(O)C(Sc1ncnc2ccccc12)c1ccccc1. The Balaban J connectivity index is 2.01. The van der Waals surface area contributed by atoms with E-state index in [1.165, 1.54) is 18.1 Å². The maximum Gasteiger partial charge on any atom is 0.321 e. The molecule has 21 heavy (non-hydrogen) atoms. The monoisotopic (exact) mass is 296 g/mol. The van der Waals surface area contributed by atoms with Gasteiger partial charge in [0, 0.05) is 5.39 Å². The van der Waals surface area contributed by atoms with Crippen molar-refractivity contribution in [2.24, 2.45) is 0 Å². The standard InChI is InChI=1S/C16H12N2O2S/c19-16(20)14(11-6-2-1-3-7-11)21-15-12-8-4-5-9-13(12)17-10-18-15/h1-10,14H,(H,19,20). The lowest BCUT2D eigenvalue weighted by Crippen LogP contribution is -2.08. The highest BCUT2D eigenvalue weighted by Gasteiger charge is 2.22. The molecule has 4 nitrogen and oxygen atoms in total. The zero-order chi connectivity index (χ0) is 14.7. The molecule has 0 bridgehead atoms. The van der Waals surface area contributed by atoms with Gasteiger partial charge in [-0.15, -0.1) is 0 Å². The number of hydrogen-bond donors (Lipinski definition) is 1. The summed E-state index contributed by atoms with van der Waals surface area (Å²) in [6, 6.07) is 16.8. The minimum Gasteiger partial charge on any atom is -0.480 e. The van der Waals surface area contributed by atoms with E-state index < -0.39 is 11.2 Å². The number of fused-ring (bicyclic) bond motifs is 1. The maximum atomic E-state index is 11.6. The molecule has 0 fully saturated rings. The van der Waals surface area contributed by atoms with Crippen molar-refractivity contribution in [1.82, 2.24) is 9.97 Å². The molecular weight excluding hydrogens is 284 g/mol. The van der Waals surface area contributed by atoms with Crippen LogP contribution in [0.5, 0.6) is 0 Å². The lowest BCUT2D eigenvalue weighted by molar-refractivity contribution is -0.136. The van der Waals surface area contributed by atoms with Crippen LogP contribution in [0, 0.1) is 0 Å². The van der Waals surface area contributed by atoms with E-state index in [0.29, 0.717) is 5.03 Å². The van der Waals surface area contributed by atoms with Gasteiger partial charge in [-0.3, -0.25) is 4.79 Å². The van der Waals surface area contributed by atoms with Crippen molar-refractivity contribution in [2.75, 3.05) is 0 Å². The van der Waals surface area contributed by atoms with Crippen molar-refractivity contribution in [2.45, 2.75) is 10.3 Å². The number of carboxylic acids is 1. The van der Waals surface area contributed by atoms with Gasteiger partial charge in [-0.1, -0.05) is 60.3 Å². The van der Waals surface area contributed by atoms with Crippen molar-refractivity contribution in [3.63, 3.8) is 0 Å². The van der Waals surface area contributed by atoms with Crippen LogP contribution >= 0.6 is 11.8 Å². The van der Waals surface area contributed by atoms with E-state index in [4.69, 9.17) is 0 Å². The molecule has 3 aromatic rings. The van der Waals surface area contributed by atoms with E-state index in [0.717, 1.165) is 16.5 Å². The summed E-state index contributed by atoms with van der Waals surface area (Å²) in [4.78, 5) is 20.0. The average molecular weight is 296 g/mol. The summed E-state index contributed by atoms with van der Waals surface area (Å²) in [5.74, 6) is -0.881. The Morgan fingerprint density at radius 2 is 1.71 bits per heavy atom. The van der Waals surface area contributed by atoms with E-state index >= 15 is 0 Å². The Morgan fingerprint density at radius 1 is 1.00 bits per heavy atom. The smallest absolute Gasteiger partial charge is 0.321 e. The third-order valence-electron chi connectivity index (χ3n) is 3.06. The molecule has 1 heterocycles. The summed E-state index contributed by atoms with van der Waals surface area (Å²) >= 11 is 1.23. The highest BCUT2D eigenvalue weighted by atomic mass is 32.2. The maximum absolute atomic E-state index is 11.6. The number of carbonyl (C=O) groups is 1. The molecule has 1 unspecified atom stereocenters. The van der Waals surface area contributed by atoms with E-state index in [-0.39, 0.29) is 0 Å². The summed E-state index contributed by atoms with van der Waals surface area (Å²) in [5, 5.41) is 10.4. The third kappa shape index (κ3) is 2.87. The lowest BCUT2D eigenvalue weighted by Gasteiger charge is -2.12. The first-order chi connectivity index (χ1) is 10.3. The quantitative estimate of drug-likeness (QED) is 0.589. The fourth-order valence-electron chi connectivity index (χ4n) is 2.07. The second-order valence-corrected chi connectivity index (χ2v) is 5.54. The number of aromatic nitrogens is 2. The molecular formula is C16H12N2O2S. The second kappa shape index (κ2) is 5.93. The molecule has 104 valence electrons. The van der Waals surface area contributed by atoms with Gasteiger partial charge in [0.2, 0.25) is 0 Å². The number of carboxylic acid groups (broad SMARTS) is 1. The fourth-order valence-corrected chi connectivity index (χ4v) is 3.10. The van der Waals surface area contributed by atoms with E-state index in [1.54, 1.807) is 0 Å². The van der Waals surface area contributed by atoms with Crippen LogP contribution in [0.4, 0.5) is 0 Å². The minimum atomic E-state index is -0.881. The first kappa shape index (κ1) is 13.6. The average Bonchev–Trinajstić information content (AvgIpc) is 2.53. The Hall–Kier alpha value is -2.40. The molecule has 0 aliphatic rings. The van der Waals surface area contributed by atoms with Crippen molar-refractivity contribution in [3.8, 4) is 0 Å². The number of benzene rings is 2. The first-order valence-corrected chi connectivity index (χ1v) is 7.28. The summed E-state index contributed by atoms with van der Waals surface area (Å²) in [6.07, 6.45) is 1.47. The van der Waals surface area contributed by atoms with Crippen LogP contribution < -0.4 is 0 Å². The summed E-state index contributed by atoms with van der Waals surface area (Å²) < 4.78 is 0. The molecule has 0 spiro atoms. The number of nitrogens with zero attached hydrogens (tertiary/aromatic N) is 2. The third-order valence-corrected chi connectivity index (χ3v) is 4.32. The van der Waals surface area contributed by atoms with Gasteiger partial charge in [0.1, 0.15) is 16.6 Å². The molecule has 1 N–H and O–H groups in total. The molecule has 3 rings (SSSR count). The van der Waals surface area contributed by atoms with Crippen LogP contribution in [0.1, 0.15) is 10.8 Å². The summed E-state index contributed by atoms with van der Waals surface area (Å²) in [6.45, 7) is 0. The van der Waals surface area contributed by atoms with Crippen LogP contribution in [-0.2, 0) is 4.79 Å². The Morgan fingerprint density at radius 3 is 2.48 bits per heavy atom. The van der Waals surface area contributed by atoms with Gasteiger partial charge in [-0.25, -0.2) is 9.97 Å². The number of thioether (sulfide) groups is 1. The van der Waals surface area contributed by atoms with Crippen molar-refractivity contribution in [1.29, 1.82) is 0 Å². The predicted octanol–water partition coefficient (Wildman–Crippen LogP) is 3.55. The Kier molecular flexibility index (Phi) is 3.83. The highest BCUT2D eigenvalue weighted by Crippen LogP contribution is 2.37. The van der Waals surface area contributed by atoms with E-state index in [1.807, 2.05) is 54.6 Å². The molecule has 0 saturated heterocycles. The Labute approximate surface area is 125 Å². The fraction of sp³-hybridized carbons (Fsp3) is 0.0625. The normalized spacial score (nSPS) is 12.2. The van der Waals surface area contributed by atoms with E-state index in [2.05, 4.69) is 9.97 Å². The number of rotatable bonds is 4. The van der Waals surface area contributed by atoms with Gasteiger partial charge < -0.3 is 5.11 Å². The number of para-hydroxylation sites is 1. The molecule has 5 heteroatoms. The summed E-state index contributed by atoms with van der Waals surface area (Å²) in [7, 11) is 0. The number of aliphatic carboxylic acids is 1. The van der Waals surface area contributed by atoms with Crippen molar-refractivity contribution in [3.05, 3.63) is 66.5 Å². The second-order valence-electron chi connectivity index (χ2n) is 4.44. The first-order valence-electron chi connectivity index (χ1n) is 6.40. The van der Waals surface area contributed by atoms with Gasteiger partial charge in [0.25, 0.3) is 0 Å². The van der Waals surface area contributed by atoms with Crippen LogP contribution in [0.3, 0.4) is 0 Å². The topological polar surface area (TPSA) is 63.1 Å². The van der Waals surface area contributed by atoms with Gasteiger partial charge in [-0.05, 0) is 11.6 Å². The van der Waals surface area contributed by atoms with Crippen LogP contribution in [0.15, 0.2) is 66.0 Å². The van der Waals surface area contributed by atoms with Crippen LogP contribution in [0.25, 0.3) is 10.9 Å². The summed E-state index contributed by atoms with van der Waals surface area (Å²) in [5.41, 5.74) is 1.56. The zero-order valence-corrected chi connectivity index (χ0v) is 11.8. The molecule has 1 aromatic heterocycles. The van der Waals surface area contributed by atoms with Crippen molar-refractivity contribution >= 4 is 28.6 Å². The lowest BCUT2D eigenvalue weighted by atomic mass is 10.1. The molecule has 0 aliphatic heterocycles. The molecule has 2 aromatic carbocycles. The highest BCUT2D eigenvalue weighted by molar-refractivity contribution is 8.00. The molecule has 0 amide bonds. The van der Waals surface area contributed by atoms with Gasteiger partial charge in [-0.2, -0.15) is 0 Å². The molecule has 1 atom stereocenters. The van der Waals surface area contributed by atoms with E-state index in [9.17, 15) is 9.90 Å². The Bertz CT molecular complexity index is 772. The largest absolute Gasteiger partial charge is 0.480 e. The van der Waals surface area contributed by atoms with Crippen molar-refractivity contribution < 1.29 is 9.90 Å². The molecule has 0 radical (unpaired) electrons. The van der Waals surface area contributed by atoms with Crippen LogP contribution in [-0.4, -0.2) is 21.0 Å². The van der Waals surface area contributed by atoms with Gasteiger partial charge >= 0.3 is 5.97 Å².